The summed E-state index contributed by atoms with van der Waals surface area (Å²) in [5.41, 5.74) is 3.49. The van der Waals surface area contributed by atoms with Crippen LogP contribution in [0.1, 0.15) is 41.9 Å². The van der Waals surface area contributed by atoms with Gasteiger partial charge in [0.05, 0.1) is 12.5 Å². The topological polar surface area (TPSA) is 12.5 Å². The largest absolute Gasteiger partial charge is 0.355 e. The van der Waals surface area contributed by atoms with Crippen molar-refractivity contribution in [1.82, 2.24) is 4.90 Å². The Morgan fingerprint density at radius 1 is 0.833 bits per heavy atom. The molecule has 3 aliphatic rings. The van der Waals surface area contributed by atoms with Crippen LogP contribution >= 0.6 is 11.6 Å². The lowest BCUT2D eigenvalue weighted by molar-refractivity contribution is -0.222. The van der Waals surface area contributed by atoms with Crippen molar-refractivity contribution in [2.45, 2.75) is 37.5 Å². The highest BCUT2D eigenvalue weighted by Gasteiger charge is 2.52. The van der Waals surface area contributed by atoms with Crippen LogP contribution in [-0.2, 0) is 11.3 Å². The van der Waals surface area contributed by atoms with Gasteiger partial charge in [0, 0.05) is 18.1 Å². The van der Waals surface area contributed by atoms with E-state index in [1.54, 1.807) is 0 Å². The van der Waals surface area contributed by atoms with E-state index in [0.29, 0.717) is 6.61 Å². The molecule has 0 aliphatic carbocycles. The second-order valence-electron chi connectivity index (χ2n) is 8.65. The summed E-state index contributed by atoms with van der Waals surface area (Å²) in [6.45, 7) is 2.82. The molecule has 1 atom stereocenters. The number of nitrogens with zero attached hydrogens (tertiary/aromatic N) is 1. The fourth-order valence-corrected chi connectivity index (χ4v) is 5.51. The molecule has 0 amide bonds. The average molecular weight is 418 g/mol. The van der Waals surface area contributed by atoms with E-state index in [1.165, 1.54) is 29.5 Å². The van der Waals surface area contributed by atoms with Gasteiger partial charge in [0.15, 0.2) is 0 Å². The molecule has 3 heteroatoms. The van der Waals surface area contributed by atoms with Crippen molar-refractivity contribution in [3.8, 4) is 0 Å². The molecule has 0 saturated carbocycles. The molecule has 3 fully saturated rings. The number of rotatable bonds is 6. The smallest absolute Gasteiger partial charge is 0.133 e. The summed E-state index contributed by atoms with van der Waals surface area (Å²) < 4.78 is 6.98. The molecule has 2 nitrogen and oxygen atoms in total. The summed E-state index contributed by atoms with van der Waals surface area (Å²) in [7, 11) is 0. The minimum atomic E-state index is -0.330. The predicted molar refractivity (Wildman–Crippen MR) is 123 cm³/mol. The summed E-state index contributed by atoms with van der Waals surface area (Å²) in [5, 5.41) is 0.764. The van der Waals surface area contributed by atoms with E-state index in [9.17, 15) is 0 Å². The maximum Gasteiger partial charge on any atom is 0.133 e. The lowest BCUT2D eigenvalue weighted by Gasteiger charge is -2.57. The normalized spacial score (nSPS) is 25.5. The van der Waals surface area contributed by atoms with Crippen LogP contribution < -0.4 is 0 Å². The van der Waals surface area contributed by atoms with Crippen molar-refractivity contribution in [2.75, 3.05) is 13.1 Å². The fourth-order valence-electron chi connectivity index (χ4n) is 5.39. The minimum absolute atomic E-state index is 0.176. The maximum absolute atomic E-state index is 6.98. The van der Waals surface area contributed by atoms with Crippen LogP contribution in [0.15, 0.2) is 84.9 Å². The predicted octanol–water partition coefficient (Wildman–Crippen LogP) is 6.50. The third kappa shape index (κ3) is 3.80. The van der Waals surface area contributed by atoms with E-state index in [0.717, 1.165) is 30.5 Å². The van der Waals surface area contributed by atoms with Crippen molar-refractivity contribution in [3.05, 3.63) is 107 Å². The Hall–Kier alpha value is -2.13. The summed E-state index contributed by atoms with van der Waals surface area (Å²) in [5.74, 6) is 0.908. The zero-order valence-corrected chi connectivity index (χ0v) is 18.0. The number of fused-ring (bicyclic) bond motifs is 3. The van der Waals surface area contributed by atoms with E-state index in [2.05, 4.69) is 77.7 Å². The van der Waals surface area contributed by atoms with Gasteiger partial charge in [-0.2, -0.15) is 0 Å². The number of ether oxygens (including phenoxy) is 1. The highest BCUT2D eigenvalue weighted by Crippen LogP contribution is 2.50. The van der Waals surface area contributed by atoms with Crippen molar-refractivity contribution in [1.29, 1.82) is 0 Å². The molecular formula is C27H28ClNO. The Morgan fingerprint density at radius 3 is 1.90 bits per heavy atom. The second kappa shape index (κ2) is 8.55. The van der Waals surface area contributed by atoms with Gasteiger partial charge >= 0.3 is 0 Å². The molecule has 6 rings (SSSR count). The lowest BCUT2D eigenvalue weighted by Crippen LogP contribution is -2.62. The van der Waals surface area contributed by atoms with Crippen LogP contribution in [0, 0.1) is 5.92 Å². The number of piperidine rings is 3. The number of hydrogen-bond donors (Lipinski definition) is 0. The Kier molecular flexibility index (Phi) is 5.64. The van der Waals surface area contributed by atoms with E-state index < -0.39 is 0 Å². The zero-order valence-electron chi connectivity index (χ0n) is 17.2. The molecule has 0 radical (unpaired) electrons. The summed E-state index contributed by atoms with van der Waals surface area (Å²) >= 11 is 6.10. The maximum atomic E-state index is 6.98. The Morgan fingerprint density at radius 2 is 1.40 bits per heavy atom. The molecule has 3 aliphatic heterocycles. The van der Waals surface area contributed by atoms with Gasteiger partial charge in [-0.25, -0.2) is 0 Å². The quantitative estimate of drug-likeness (QED) is 0.453. The molecule has 0 N–H and O–H groups in total. The van der Waals surface area contributed by atoms with E-state index >= 15 is 0 Å². The van der Waals surface area contributed by atoms with Crippen molar-refractivity contribution >= 4 is 11.6 Å². The van der Waals surface area contributed by atoms with Crippen LogP contribution in [0.25, 0.3) is 0 Å². The zero-order chi connectivity index (χ0) is 20.4. The van der Waals surface area contributed by atoms with Crippen LogP contribution in [0.4, 0.5) is 0 Å². The summed E-state index contributed by atoms with van der Waals surface area (Å²) in [4.78, 5) is 2.62. The van der Waals surface area contributed by atoms with Gasteiger partial charge < -0.3 is 4.74 Å². The first-order valence-corrected chi connectivity index (χ1v) is 11.4. The van der Waals surface area contributed by atoms with Crippen LogP contribution in [-0.4, -0.2) is 23.7 Å². The number of halogens is 1. The number of hydrogen-bond acceptors (Lipinski definition) is 2. The second-order valence-corrected chi connectivity index (χ2v) is 9.09. The molecule has 3 aromatic rings. The van der Waals surface area contributed by atoms with Crippen LogP contribution in [0.5, 0.6) is 0 Å². The van der Waals surface area contributed by atoms with Gasteiger partial charge in [-0.05, 0) is 54.0 Å². The Labute approximate surface area is 184 Å². The fraction of sp³-hybridized carbons (Fsp3) is 0.333. The van der Waals surface area contributed by atoms with Gasteiger partial charge in [-0.3, -0.25) is 4.90 Å². The van der Waals surface area contributed by atoms with Gasteiger partial charge in [-0.1, -0.05) is 84.4 Å². The third-order valence-corrected chi connectivity index (χ3v) is 7.10. The summed E-state index contributed by atoms with van der Waals surface area (Å²) in [6, 6.07) is 29.9. The molecule has 3 saturated heterocycles. The standard InChI is InChI=1S/C27H28ClNO/c28-25-13-11-22(12-14-25)20-30-27(19-21-15-17-29(27)18-16-21)26(23-7-3-1-4-8-23)24-9-5-2-6-10-24/h1-14,21,26H,15-20H2/t27-/m0/s1. The van der Waals surface area contributed by atoms with Crippen LogP contribution in [0.2, 0.25) is 5.02 Å². The Bertz CT molecular complexity index is 912. The first kappa shape index (κ1) is 19.8. The van der Waals surface area contributed by atoms with Gasteiger partial charge in [0.25, 0.3) is 0 Å². The lowest BCUT2D eigenvalue weighted by atomic mass is 9.71. The molecule has 30 heavy (non-hydrogen) atoms. The molecule has 2 bridgehead atoms. The minimum Gasteiger partial charge on any atom is -0.355 e. The monoisotopic (exact) mass is 417 g/mol. The molecule has 154 valence electrons. The van der Waals surface area contributed by atoms with Crippen molar-refractivity contribution in [3.63, 3.8) is 0 Å². The van der Waals surface area contributed by atoms with E-state index in [4.69, 9.17) is 16.3 Å². The molecule has 0 aromatic heterocycles. The van der Waals surface area contributed by atoms with E-state index in [1.807, 2.05) is 12.1 Å². The Balaban J connectivity index is 1.57. The van der Waals surface area contributed by atoms with Gasteiger partial charge in [0.1, 0.15) is 5.72 Å². The first-order valence-electron chi connectivity index (χ1n) is 11.0. The van der Waals surface area contributed by atoms with Gasteiger partial charge in [-0.15, -0.1) is 0 Å². The first-order chi connectivity index (χ1) is 14.7. The summed E-state index contributed by atoms with van der Waals surface area (Å²) in [6.07, 6.45) is 3.64. The highest BCUT2D eigenvalue weighted by atomic mass is 35.5. The molecular weight excluding hydrogens is 390 g/mol. The van der Waals surface area contributed by atoms with Gasteiger partial charge in [0.2, 0.25) is 0 Å². The highest BCUT2D eigenvalue weighted by molar-refractivity contribution is 6.30. The number of benzene rings is 3. The molecule has 0 unspecified atom stereocenters. The van der Waals surface area contributed by atoms with E-state index in [-0.39, 0.29) is 11.6 Å². The van der Waals surface area contributed by atoms with Crippen LogP contribution in [0.3, 0.4) is 0 Å². The van der Waals surface area contributed by atoms with Crippen molar-refractivity contribution in [2.24, 2.45) is 5.92 Å². The SMILES string of the molecule is Clc1ccc(CO[C@]2(C(c3ccccc3)c3ccccc3)CC3CCN2CC3)cc1. The molecule has 3 aromatic carbocycles. The average Bonchev–Trinajstić information content (AvgIpc) is 2.81. The third-order valence-electron chi connectivity index (χ3n) is 6.85. The molecule has 0 spiro atoms. The van der Waals surface area contributed by atoms with Crippen molar-refractivity contribution < 1.29 is 4.74 Å². The molecule has 3 heterocycles.